The molecule has 0 bridgehead atoms. The van der Waals surface area contributed by atoms with Crippen LogP contribution in [0.25, 0.3) is 10.9 Å². The van der Waals surface area contributed by atoms with Crippen LogP contribution < -0.4 is 11.1 Å². The molecule has 2 aromatic heterocycles. The summed E-state index contributed by atoms with van der Waals surface area (Å²) in [6.45, 7) is 2.59. The quantitative estimate of drug-likeness (QED) is 0.647. The zero-order valence-corrected chi connectivity index (χ0v) is 11.9. The van der Waals surface area contributed by atoms with Gasteiger partial charge < -0.3 is 16.0 Å². The molecular weight excluding hydrogens is 270 g/mol. The largest absolute Gasteiger partial charge is 0.399 e. The van der Waals surface area contributed by atoms with E-state index in [0.29, 0.717) is 17.8 Å². The Labute approximate surface area is 120 Å². The molecule has 20 heavy (non-hydrogen) atoms. The van der Waals surface area contributed by atoms with Gasteiger partial charge in [0, 0.05) is 29.3 Å². The molecule has 0 fully saturated rings. The number of aromatic amines is 1. The van der Waals surface area contributed by atoms with Gasteiger partial charge in [-0.05, 0) is 47.0 Å². The van der Waals surface area contributed by atoms with E-state index in [0.717, 1.165) is 16.5 Å². The van der Waals surface area contributed by atoms with E-state index in [1.54, 1.807) is 17.5 Å². The van der Waals surface area contributed by atoms with Crippen molar-refractivity contribution in [3.05, 3.63) is 51.8 Å². The Morgan fingerprint density at radius 3 is 3.00 bits per heavy atom. The predicted octanol–water partition coefficient (Wildman–Crippen LogP) is 3.05. The summed E-state index contributed by atoms with van der Waals surface area (Å²) in [7, 11) is 0. The summed E-state index contributed by atoms with van der Waals surface area (Å²) in [5.74, 6) is -0.0903. The van der Waals surface area contributed by atoms with Crippen molar-refractivity contribution in [2.75, 3.05) is 5.73 Å². The molecule has 0 saturated heterocycles. The second kappa shape index (κ2) is 5.02. The molecule has 5 heteroatoms. The number of fused-ring (bicyclic) bond motifs is 1. The highest BCUT2D eigenvalue weighted by atomic mass is 32.1. The molecule has 0 radical (unpaired) electrons. The van der Waals surface area contributed by atoms with Crippen LogP contribution in [-0.2, 0) is 6.54 Å². The second-order valence-corrected chi connectivity index (χ2v) is 5.51. The Balaban J connectivity index is 1.82. The maximum Gasteiger partial charge on any atom is 0.253 e. The van der Waals surface area contributed by atoms with Crippen LogP contribution in [0.2, 0.25) is 0 Å². The molecule has 102 valence electrons. The van der Waals surface area contributed by atoms with Gasteiger partial charge >= 0.3 is 0 Å². The van der Waals surface area contributed by atoms with E-state index in [1.807, 2.05) is 25.1 Å². The summed E-state index contributed by atoms with van der Waals surface area (Å²) >= 11 is 1.65. The summed E-state index contributed by atoms with van der Waals surface area (Å²) < 4.78 is 0. The summed E-state index contributed by atoms with van der Waals surface area (Å²) in [5, 5.41) is 7.93. The third-order valence-corrected chi connectivity index (χ3v) is 4.26. The number of thiophene rings is 1. The van der Waals surface area contributed by atoms with Crippen molar-refractivity contribution in [3.8, 4) is 0 Å². The van der Waals surface area contributed by atoms with Crippen molar-refractivity contribution in [2.24, 2.45) is 0 Å². The van der Waals surface area contributed by atoms with Crippen molar-refractivity contribution in [1.82, 2.24) is 10.3 Å². The molecule has 0 saturated carbocycles. The lowest BCUT2D eigenvalue weighted by atomic mass is 10.1. The lowest BCUT2D eigenvalue weighted by Crippen LogP contribution is -2.22. The molecule has 4 N–H and O–H groups in total. The van der Waals surface area contributed by atoms with E-state index in [9.17, 15) is 4.79 Å². The number of hydrogen-bond donors (Lipinski definition) is 3. The van der Waals surface area contributed by atoms with Gasteiger partial charge in [-0.25, -0.2) is 0 Å². The van der Waals surface area contributed by atoms with E-state index >= 15 is 0 Å². The molecule has 3 aromatic rings. The van der Waals surface area contributed by atoms with Crippen LogP contribution in [0.4, 0.5) is 5.69 Å². The number of hydrogen-bond acceptors (Lipinski definition) is 3. The Morgan fingerprint density at radius 2 is 2.25 bits per heavy atom. The highest BCUT2D eigenvalue weighted by molar-refractivity contribution is 7.08. The SMILES string of the molecule is Cc1cscc1CNC(=O)c1c[nH]c2ccc(N)cc12. The van der Waals surface area contributed by atoms with Gasteiger partial charge in [0.2, 0.25) is 0 Å². The zero-order valence-electron chi connectivity index (χ0n) is 11.1. The number of amides is 1. The first-order valence-corrected chi connectivity index (χ1v) is 7.26. The first-order chi connectivity index (χ1) is 9.65. The van der Waals surface area contributed by atoms with E-state index in [4.69, 9.17) is 5.73 Å². The van der Waals surface area contributed by atoms with E-state index in [-0.39, 0.29) is 5.91 Å². The maximum atomic E-state index is 12.3. The number of carbonyl (C=O) groups is 1. The number of anilines is 1. The predicted molar refractivity (Wildman–Crippen MR) is 82.9 cm³/mol. The van der Waals surface area contributed by atoms with Crippen LogP contribution in [0, 0.1) is 6.92 Å². The maximum absolute atomic E-state index is 12.3. The van der Waals surface area contributed by atoms with Crippen LogP contribution >= 0.6 is 11.3 Å². The molecule has 0 atom stereocenters. The smallest absolute Gasteiger partial charge is 0.253 e. The summed E-state index contributed by atoms with van der Waals surface area (Å²) in [4.78, 5) is 15.4. The van der Waals surface area contributed by atoms with Gasteiger partial charge in [0.25, 0.3) is 5.91 Å². The number of aromatic nitrogens is 1. The molecular formula is C15H15N3OS. The average Bonchev–Trinajstić information content (AvgIpc) is 3.02. The molecule has 3 rings (SSSR count). The Morgan fingerprint density at radius 1 is 1.40 bits per heavy atom. The van der Waals surface area contributed by atoms with E-state index in [2.05, 4.69) is 21.1 Å². The number of nitrogens with two attached hydrogens (primary N) is 1. The monoisotopic (exact) mass is 285 g/mol. The first kappa shape index (κ1) is 12.7. The van der Waals surface area contributed by atoms with E-state index < -0.39 is 0 Å². The standard InChI is InChI=1S/C15H15N3OS/c1-9-7-20-8-10(9)5-18-15(19)13-6-17-14-3-2-11(16)4-12(13)14/h2-4,6-8,17H,5,16H2,1H3,(H,18,19). The fourth-order valence-corrected chi connectivity index (χ4v) is 3.02. The number of carbonyl (C=O) groups excluding carboxylic acids is 1. The minimum absolute atomic E-state index is 0.0903. The summed E-state index contributed by atoms with van der Waals surface area (Å²) in [6.07, 6.45) is 1.72. The number of benzene rings is 1. The lowest BCUT2D eigenvalue weighted by molar-refractivity contribution is 0.0952. The van der Waals surface area contributed by atoms with Gasteiger partial charge in [0.15, 0.2) is 0 Å². The number of rotatable bonds is 3. The van der Waals surface area contributed by atoms with Crippen LogP contribution in [0.3, 0.4) is 0 Å². The van der Waals surface area contributed by atoms with Crippen molar-refractivity contribution < 1.29 is 4.79 Å². The van der Waals surface area contributed by atoms with Crippen LogP contribution in [-0.4, -0.2) is 10.9 Å². The van der Waals surface area contributed by atoms with Crippen molar-refractivity contribution in [1.29, 1.82) is 0 Å². The topological polar surface area (TPSA) is 70.9 Å². The summed E-state index contributed by atoms with van der Waals surface area (Å²) in [6, 6.07) is 5.51. The highest BCUT2D eigenvalue weighted by Crippen LogP contribution is 2.21. The first-order valence-electron chi connectivity index (χ1n) is 6.31. The molecule has 0 aliphatic carbocycles. The molecule has 0 unspecified atom stereocenters. The fraction of sp³-hybridized carbons (Fsp3) is 0.133. The Hall–Kier alpha value is -2.27. The average molecular weight is 285 g/mol. The van der Waals surface area contributed by atoms with Gasteiger partial charge in [-0.15, -0.1) is 0 Å². The molecule has 2 heterocycles. The number of aryl methyl sites for hydroxylation is 1. The molecule has 0 aliphatic rings. The molecule has 0 spiro atoms. The zero-order chi connectivity index (χ0) is 14.1. The van der Waals surface area contributed by atoms with Gasteiger partial charge in [0.05, 0.1) is 5.56 Å². The molecule has 0 aliphatic heterocycles. The minimum atomic E-state index is -0.0903. The highest BCUT2D eigenvalue weighted by Gasteiger charge is 2.12. The fourth-order valence-electron chi connectivity index (χ4n) is 2.16. The van der Waals surface area contributed by atoms with Crippen molar-refractivity contribution in [2.45, 2.75) is 13.5 Å². The molecule has 4 nitrogen and oxygen atoms in total. The minimum Gasteiger partial charge on any atom is -0.399 e. The van der Waals surface area contributed by atoms with Crippen molar-refractivity contribution >= 4 is 33.8 Å². The van der Waals surface area contributed by atoms with Crippen molar-refractivity contribution in [3.63, 3.8) is 0 Å². The van der Waals surface area contributed by atoms with Crippen LogP contribution in [0.1, 0.15) is 21.5 Å². The number of nitrogen functional groups attached to an aromatic ring is 1. The Bertz CT molecular complexity index is 772. The molecule has 1 amide bonds. The lowest BCUT2D eigenvalue weighted by Gasteiger charge is -2.04. The number of H-pyrrole nitrogens is 1. The summed E-state index contributed by atoms with van der Waals surface area (Å²) in [5.41, 5.74) is 10.3. The van der Waals surface area contributed by atoms with Gasteiger partial charge in [-0.3, -0.25) is 4.79 Å². The second-order valence-electron chi connectivity index (χ2n) is 4.77. The van der Waals surface area contributed by atoms with Gasteiger partial charge in [-0.1, -0.05) is 0 Å². The van der Waals surface area contributed by atoms with Crippen LogP contribution in [0.15, 0.2) is 35.2 Å². The number of nitrogens with one attached hydrogen (secondary N) is 2. The third kappa shape index (κ3) is 2.28. The van der Waals surface area contributed by atoms with Crippen LogP contribution in [0.5, 0.6) is 0 Å². The van der Waals surface area contributed by atoms with E-state index in [1.165, 1.54) is 5.56 Å². The third-order valence-electron chi connectivity index (χ3n) is 3.35. The van der Waals surface area contributed by atoms with Gasteiger partial charge in [-0.2, -0.15) is 11.3 Å². The van der Waals surface area contributed by atoms with Gasteiger partial charge in [0.1, 0.15) is 0 Å². The molecule has 1 aromatic carbocycles. The normalized spacial score (nSPS) is 10.8. The Kier molecular flexibility index (Phi) is 3.20.